The number of carbonyl (C=O) groups is 2. The molecule has 0 atom stereocenters. The van der Waals surface area contributed by atoms with Gasteiger partial charge < -0.3 is 9.64 Å². The van der Waals surface area contributed by atoms with Crippen LogP contribution in [0.5, 0.6) is 0 Å². The number of methoxy groups -OCH3 is 1. The van der Waals surface area contributed by atoms with Crippen LogP contribution in [0.15, 0.2) is 28.5 Å². The summed E-state index contributed by atoms with van der Waals surface area (Å²) in [7, 11) is -2.78. The fourth-order valence-corrected chi connectivity index (χ4v) is 7.92. The topological polar surface area (TPSA) is 92.8 Å². The molecule has 2 aromatic rings. The van der Waals surface area contributed by atoms with Crippen molar-refractivity contribution in [3.63, 3.8) is 0 Å². The molecular formula is C24H30N2O5S2. The van der Waals surface area contributed by atoms with Crippen molar-refractivity contribution in [1.82, 2.24) is 4.90 Å². The van der Waals surface area contributed by atoms with Crippen LogP contribution in [0.25, 0.3) is 0 Å². The van der Waals surface area contributed by atoms with Gasteiger partial charge in [-0.1, -0.05) is 39.8 Å². The molecule has 7 nitrogen and oxygen atoms in total. The average Bonchev–Trinajstić information content (AvgIpc) is 3.01. The van der Waals surface area contributed by atoms with Crippen LogP contribution in [0, 0.1) is 23.7 Å². The molecule has 1 aliphatic heterocycles. The van der Waals surface area contributed by atoms with Crippen molar-refractivity contribution in [3.05, 3.63) is 45.8 Å². The van der Waals surface area contributed by atoms with E-state index in [0.29, 0.717) is 30.8 Å². The summed E-state index contributed by atoms with van der Waals surface area (Å²) in [5.41, 5.74) is 1.92. The molecule has 0 unspecified atom stereocenters. The Kier molecular flexibility index (Phi) is 5.64. The monoisotopic (exact) mass is 490 g/mol. The lowest BCUT2D eigenvalue weighted by Gasteiger charge is -2.28. The van der Waals surface area contributed by atoms with Crippen LogP contribution in [0.3, 0.4) is 0 Å². The minimum absolute atomic E-state index is 0.0674. The van der Waals surface area contributed by atoms with Gasteiger partial charge in [-0.3, -0.25) is 9.52 Å². The van der Waals surface area contributed by atoms with Crippen molar-refractivity contribution in [2.45, 2.75) is 51.8 Å². The molecule has 2 aliphatic rings. The fourth-order valence-electron chi connectivity index (χ4n) is 4.97. The second-order valence-electron chi connectivity index (χ2n) is 10.0. The lowest BCUT2D eigenvalue weighted by molar-refractivity contribution is -0.134. The molecule has 9 heteroatoms. The molecular weight excluding hydrogens is 460 g/mol. The number of nitrogens with zero attached hydrogens (tertiary/aromatic N) is 1. The Hall–Kier alpha value is -2.39. The molecule has 1 aliphatic carbocycles. The van der Waals surface area contributed by atoms with Crippen molar-refractivity contribution >= 4 is 38.9 Å². The molecule has 0 saturated heterocycles. The van der Waals surface area contributed by atoms with Gasteiger partial charge in [-0.2, -0.15) is 0 Å². The van der Waals surface area contributed by atoms with E-state index in [1.807, 2.05) is 13.0 Å². The number of fused-ring (bicyclic) bond motifs is 1. The predicted molar refractivity (Wildman–Crippen MR) is 128 cm³/mol. The third-order valence-corrected chi connectivity index (χ3v) is 10.6. The number of ether oxygens (including phenoxy) is 1. The maximum Gasteiger partial charge on any atom is 0.340 e. The molecule has 178 valence electrons. The maximum absolute atomic E-state index is 13.3. The Morgan fingerprint density at radius 2 is 1.85 bits per heavy atom. The number of carbonyl (C=O) groups excluding carboxylic acids is 2. The number of benzene rings is 1. The zero-order valence-corrected chi connectivity index (χ0v) is 21.4. The van der Waals surface area contributed by atoms with E-state index in [-0.39, 0.29) is 32.4 Å². The molecule has 1 N–H and O–H groups in total. The summed E-state index contributed by atoms with van der Waals surface area (Å²) < 4.78 is 34.0. The average molecular weight is 491 g/mol. The fraction of sp³-hybridized carbons (Fsp3) is 0.500. The molecule has 4 rings (SSSR count). The highest BCUT2D eigenvalue weighted by Gasteiger charge is 2.68. The highest BCUT2D eigenvalue weighted by Crippen LogP contribution is 2.69. The van der Waals surface area contributed by atoms with Crippen molar-refractivity contribution in [2.24, 2.45) is 16.7 Å². The van der Waals surface area contributed by atoms with Crippen LogP contribution in [-0.2, 0) is 32.5 Å². The number of anilines is 1. The van der Waals surface area contributed by atoms with Crippen molar-refractivity contribution in [2.75, 3.05) is 18.4 Å². The summed E-state index contributed by atoms with van der Waals surface area (Å²) in [6.07, 6.45) is 0.412. The van der Waals surface area contributed by atoms with Crippen molar-refractivity contribution in [3.8, 4) is 0 Å². The number of rotatable bonds is 5. The number of esters is 1. The third-order valence-electron chi connectivity index (χ3n) is 7.51. The molecule has 1 saturated carbocycles. The molecule has 1 fully saturated rings. The van der Waals surface area contributed by atoms with Crippen LogP contribution in [0.2, 0.25) is 0 Å². The lowest BCUT2D eigenvalue weighted by Crippen LogP contribution is -2.38. The van der Waals surface area contributed by atoms with Gasteiger partial charge in [-0.05, 0) is 47.4 Å². The number of sulfonamides is 1. The second-order valence-corrected chi connectivity index (χ2v) is 13.0. The van der Waals surface area contributed by atoms with E-state index in [0.717, 1.165) is 21.8 Å². The van der Waals surface area contributed by atoms with E-state index in [9.17, 15) is 18.0 Å². The summed E-state index contributed by atoms with van der Waals surface area (Å²) in [6.45, 7) is 11.0. The smallest absolute Gasteiger partial charge is 0.340 e. The maximum atomic E-state index is 13.3. The van der Waals surface area contributed by atoms with Gasteiger partial charge in [0.2, 0.25) is 5.91 Å². The largest absolute Gasteiger partial charge is 0.465 e. The lowest BCUT2D eigenvalue weighted by atomic mass is 10.0. The quantitative estimate of drug-likeness (QED) is 0.634. The van der Waals surface area contributed by atoms with Crippen LogP contribution in [-0.4, -0.2) is 38.8 Å². The van der Waals surface area contributed by atoms with Crippen LogP contribution in [0.1, 0.15) is 54.1 Å². The highest BCUT2D eigenvalue weighted by atomic mass is 32.2. The third kappa shape index (κ3) is 3.85. The summed E-state index contributed by atoms with van der Waals surface area (Å²) in [6, 6.07) is 7.02. The second kappa shape index (κ2) is 7.84. The van der Waals surface area contributed by atoms with E-state index < -0.39 is 16.0 Å². The zero-order valence-electron chi connectivity index (χ0n) is 19.8. The predicted octanol–water partition coefficient (Wildman–Crippen LogP) is 4.21. The Morgan fingerprint density at radius 3 is 2.42 bits per heavy atom. The standard InChI is InChI=1S/C24H30N2O5S2/c1-14-8-7-9-15(12-14)25-33(29,30)22-18(21(28)31-6)16-10-11-26(13-17(16)32-22)20(27)19-23(2,3)24(19,4)5/h7-9,12,19,25H,10-11,13H2,1-6H3. The Bertz CT molecular complexity index is 1230. The first kappa shape index (κ1) is 23.8. The van der Waals surface area contributed by atoms with E-state index in [1.165, 1.54) is 7.11 Å². The molecule has 1 amide bonds. The van der Waals surface area contributed by atoms with Gasteiger partial charge in [-0.25, -0.2) is 13.2 Å². The first-order chi connectivity index (χ1) is 15.3. The normalized spacial score (nSPS) is 19.0. The summed E-state index contributed by atoms with van der Waals surface area (Å²) in [5.74, 6) is -0.662. The number of amides is 1. The highest BCUT2D eigenvalue weighted by molar-refractivity contribution is 7.94. The van der Waals surface area contributed by atoms with Gasteiger partial charge >= 0.3 is 5.97 Å². The first-order valence-electron chi connectivity index (χ1n) is 10.9. The van der Waals surface area contributed by atoms with E-state index >= 15 is 0 Å². The van der Waals surface area contributed by atoms with Gasteiger partial charge in [0.25, 0.3) is 10.0 Å². The molecule has 1 aromatic heterocycles. The Balaban J connectivity index is 1.68. The SMILES string of the molecule is COC(=O)c1c(S(=O)(=O)Nc2cccc(C)c2)sc2c1CCN(C(=O)C1C(C)(C)C1(C)C)C2. The van der Waals surface area contributed by atoms with Gasteiger partial charge in [0.15, 0.2) is 4.21 Å². The van der Waals surface area contributed by atoms with E-state index in [1.54, 1.807) is 23.1 Å². The van der Waals surface area contributed by atoms with E-state index in [2.05, 4.69) is 32.4 Å². The molecule has 1 aromatic carbocycles. The summed E-state index contributed by atoms with van der Waals surface area (Å²) >= 11 is 1.04. The van der Waals surface area contributed by atoms with Gasteiger partial charge in [0.05, 0.1) is 19.2 Å². The Morgan fingerprint density at radius 1 is 1.18 bits per heavy atom. The Labute approximate surface area is 199 Å². The number of thiophene rings is 1. The first-order valence-corrected chi connectivity index (χ1v) is 13.2. The zero-order chi connectivity index (χ0) is 24.3. The van der Waals surface area contributed by atoms with Crippen molar-refractivity contribution in [1.29, 1.82) is 0 Å². The van der Waals surface area contributed by atoms with Gasteiger partial charge in [-0.15, -0.1) is 11.3 Å². The molecule has 0 radical (unpaired) electrons. The number of aryl methyl sites for hydroxylation is 1. The van der Waals surface area contributed by atoms with E-state index in [4.69, 9.17) is 4.74 Å². The summed E-state index contributed by atoms with van der Waals surface area (Å²) in [5, 5.41) is 0. The summed E-state index contributed by atoms with van der Waals surface area (Å²) in [4.78, 5) is 28.4. The van der Waals surface area contributed by atoms with Crippen molar-refractivity contribution < 1.29 is 22.7 Å². The van der Waals surface area contributed by atoms with Crippen LogP contribution >= 0.6 is 11.3 Å². The van der Waals surface area contributed by atoms with Gasteiger partial charge in [0.1, 0.15) is 0 Å². The van der Waals surface area contributed by atoms with Crippen LogP contribution < -0.4 is 4.72 Å². The van der Waals surface area contributed by atoms with Gasteiger partial charge in [0, 0.05) is 23.0 Å². The number of hydrogen-bond acceptors (Lipinski definition) is 6. The molecule has 2 heterocycles. The minimum atomic E-state index is -4.02. The minimum Gasteiger partial charge on any atom is -0.465 e. The number of nitrogens with one attached hydrogen (secondary N) is 1. The molecule has 0 spiro atoms. The molecule has 0 bridgehead atoms. The number of hydrogen-bond donors (Lipinski definition) is 1. The molecule has 33 heavy (non-hydrogen) atoms. The van der Waals surface area contributed by atoms with Crippen LogP contribution in [0.4, 0.5) is 5.69 Å².